The maximum Gasteiger partial charge on any atom is 0.243 e. The highest BCUT2D eigenvalue weighted by Gasteiger charge is 2.33. The van der Waals surface area contributed by atoms with E-state index in [0.29, 0.717) is 11.4 Å². The standard InChI is InChI=1S/C19H23NO2S2/c1-16-10-12-19(13-11-16)24(21,22)20-14-6-5-7-17(20)15-23-18-8-3-2-4-9-18/h2-4,8-13,17H,5-7,14-15H2,1H3. The van der Waals surface area contributed by atoms with Gasteiger partial charge in [0.25, 0.3) is 0 Å². The van der Waals surface area contributed by atoms with Crippen molar-refractivity contribution in [2.24, 2.45) is 0 Å². The van der Waals surface area contributed by atoms with Crippen molar-refractivity contribution in [1.29, 1.82) is 0 Å². The highest BCUT2D eigenvalue weighted by atomic mass is 32.2. The van der Waals surface area contributed by atoms with Gasteiger partial charge in [0.1, 0.15) is 0 Å². The lowest BCUT2D eigenvalue weighted by Gasteiger charge is -2.34. The van der Waals surface area contributed by atoms with Gasteiger partial charge >= 0.3 is 0 Å². The van der Waals surface area contributed by atoms with Crippen LogP contribution in [0.25, 0.3) is 0 Å². The molecule has 2 aromatic rings. The van der Waals surface area contributed by atoms with E-state index in [1.807, 2.05) is 37.3 Å². The van der Waals surface area contributed by atoms with E-state index in [1.54, 1.807) is 28.2 Å². The fourth-order valence-electron chi connectivity index (χ4n) is 3.01. The molecule has 0 saturated carbocycles. The topological polar surface area (TPSA) is 37.4 Å². The third kappa shape index (κ3) is 4.02. The summed E-state index contributed by atoms with van der Waals surface area (Å²) in [7, 11) is -3.41. The van der Waals surface area contributed by atoms with Gasteiger partial charge in [0.15, 0.2) is 0 Å². The van der Waals surface area contributed by atoms with Crippen LogP contribution in [0, 0.1) is 6.92 Å². The Morgan fingerprint density at radius 2 is 1.75 bits per heavy atom. The maximum absolute atomic E-state index is 13.0. The van der Waals surface area contributed by atoms with Crippen molar-refractivity contribution in [2.45, 2.75) is 42.0 Å². The highest BCUT2D eigenvalue weighted by Crippen LogP contribution is 2.29. The molecule has 1 atom stereocenters. The number of nitrogens with zero attached hydrogens (tertiary/aromatic N) is 1. The summed E-state index contributed by atoms with van der Waals surface area (Å²) in [6.07, 6.45) is 2.97. The average Bonchev–Trinajstić information content (AvgIpc) is 2.61. The molecular formula is C19H23NO2S2. The number of sulfonamides is 1. The number of benzene rings is 2. The fourth-order valence-corrected chi connectivity index (χ4v) is 5.88. The number of thioether (sulfide) groups is 1. The number of hydrogen-bond acceptors (Lipinski definition) is 3. The minimum atomic E-state index is -3.41. The Morgan fingerprint density at radius 1 is 1.04 bits per heavy atom. The molecule has 0 N–H and O–H groups in total. The Hall–Kier alpha value is -1.30. The smallest absolute Gasteiger partial charge is 0.207 e. The quantitative estimate of drug-likeness (QED) is 0.744. The van der Waals surface area contributed by atoms with E-state index in [2.05, 4.69) is 12.1 Å². The largest absolute Gasteiger partial charge is 0.243 e. The van der Waals surface area contributed by atoms with Crippen molar-refractivity contribution in [1.82, 2.24) is 4.31 Å². The van der Waals surface area contributed by atoms with Crippen LogP contribution < -0.4 is 0 Å². The van der Waals surface area contributed by atoms with E-state index in [9.17, 15) is 8.42 Å². The van der Waals surface area contributed by atoms with Crippen LogP contribution in [-0.2, 0) is 10.0 Å². The zero-order valence-electron chi connectivity index (χ0n) is 13.9. The van der Waals surface area contributed by atoms with E-state index in [0.717, 1.165) is 30.6 Å². The van der Waals surface area contributed by atoms with Gasteiger partial charge < -0.3 is 0 Å². The van der Waals surface area contributed by atoms with Crippen molar-refractivity contribution in [2.75, 3.05) is 12.3 Å². The van der Waals surface area contributed by atoms with Gasteiger partial charge in [-0.25, -0.2) is 8.42 Å². The molecule has 24 heavy (non-hydrogen) atoms. The molecular weight excluding hydrogens is 338 g/mol. The van der Waals surface area contributed by atoms with Gasteiger partial charge in [0.2, 0.25) is 10.0 Å². The summed E-state index contributed by atoms with van der Waals surface area (Å²) in [5.74, 6) is 0.801. The lowest BCUT2D eigenvalue weighted by Crippen LogP contribution is -2.44. The molecule has 0 bridgehead atoms. The summed E-state index contributed by atoms with van der Waals surface area (Å²) in [5, 5.41) is 0. The summed E-state index contributed by atoms with van der Waals surface area (Å²) in [6, 6.07) is 17.4. The van der Waals surface area contributed by atoms with E-state index >= 15 is 0 Å². The lowest BCUT2D eigenvalue weighted by molar-refractivity contribution is 0.272. The molecule has 5 heteroatoms. The minimum absolute atomic E-state index is 0.0651. The van der Waals surface area contributed by atoms with Gasteiger partial charge in [-0.3, -0.25) is 0 Å². The second-order valence-corrected chi connectivity index (χ2v) is 9.19. The first kappa shape index (κ1) is 17.5. The first-order valence-electron chi connectivity index (χ1n) is 8.34. The molecule has 0 radical (unpaired) electrons. The first-order chi connectivity index (χ1) is 11.6. The molecule has 1 heterocycles. The SMILES string of the molecule is Cc1ccc(S(=O)(=O)N2CCCCC2CSc2ccccc2)cc1. The molecule has 0 aromatic heterocycles. The first-order valence-corrected chi connectivity index (χ1v) is 10.8. The number of rotatable bonds is 5. The summed E-state index contributed by atoms with van der Waals surface area (Å²) < 4.78 is 27.8. The summed E-state index contributed by atoms with van der Waals surface area (Å²) in [4.78, 5) is 1.60. The van der Waals surface area contributed by atoms with E-state index < -0.39 is 10.0 Å². The second-order valence-electron chi connectivity index (χ2n) is 6.20. The molecule has 0 amide bonds. The molecule has 1 unspecified atom stereocenters. The normalized spacial score (nSPS) is 19.3. The number of hydrogen-bond donors (Lipinski definition) is 0. The van der Waals surface area contributed by atoms with Gasteiger partial charge in [-0.15, -0.1) is 11.8 Å². The minimum Gasteiger partial charge on any atom is -0.207 e. The molecule has 3 nitrogen and oxygen atoms in total. The molecule has 1 aliphatic rings. The molecule has 0 spiro atoms. The van der Waals surface area contributed by atoms with Crippen LogP contribution in [0.2, 0.25) is 0 Å². The zero-order valence-corrected chi connectivity index (χ0v) is 15.5. The van der Waals surface area contributed by atoms with Gasteiger partial charge in [-0.2, -0.15) is 4.31 Å². The van der Waals surface area contributed by atoms with Crippen molar-refractivity contribution in [3.63, 3.8) is 0 Å². The summed E-state index contributed by atoms with van der Waals surface area (Å²) in [6.45, 7) is 2.59. The van der Waals surface area contributed by atoms with Crippen LogP contribution in [0.5, 0.6) is 0 Å². The number of aryl methyl sites for hydroxylation is 1. The van der Waals surface area contributed by atoms with Crippen LogP contribution in [0.1, 0.15) is 24.8 Å². The zero-order chi connectivity index (χ0) is 17.0. The monoisotopic (exact) mass is 361 g/mol. The Labute approximate surface area is 149 Å². The van der Waals surface area contributed by atoms with E-state index in [4.69, 9.17) is 0 Å². The molecule has 1 saturated heterocycles. The van der Waals surface area contributed by atoms with Crippen molar-refractivity contribution >= 4 is 21.8 Å². The van der Waals surface area contributed by atoms with Crippen molar-refractivity contribution in [3.8, 4) is 0 Å². The second kappa shape index (κ2) is 7.72. The molecule has 0 aliphatic carbocycles. The molecule has 3 rings (SSSR count). The van der Waals surface area contributed by atoms with Gasteiger partial charge in [-0.1, -0.05) is 42.3 Å². The third-order valence-corrected chi connectivity index (χ3v) is 7.51. The predicted molar refractivity (Wildman–Crippen MR) is 99.9 cm³/mol. The lowest BCUT2D eigenvalue weighted by atomic mass is 10.1. The fraction of sp³-hybridized carbons (Fsp3) is 0.368. The highest BCUT2D eigenvalue weighted by molar-refractivity contribution is 7.99. The van der Waals surface area contributed by atoms with Crippen LogP contribution in [0.3, 0.4) is 0 Å². The van der Waals surface area contributed by atoms with Gasteiger partial charge in [0.05, 0.1) is 4.90 Å². The maximum atomic E-state index is 13.0. The Balaban J connectivity index is 1.77. The van der Waals surface area contributed by atoms with E-state index in [1.165, 1.54) is 4.90 Å². The molecule has 2 aromatic carbocycles. The van der Waals surface area contributed by atoms with Crippen LogP contribution in [-0.4, -0.2) is 31.1 Å². The Kier molecular flexibility index (Phi) is 5.64. The third-order valence-electron chi connectivity index (χ3n) is 4.39. The molecule has 1 aliphatic heterocycles. The van der Waals surface area contributed by atoms with Crippen LogP contribution >= 0.6 is 11.8 Å². The summed E-state index contributed by atoms with van der Waals surface area (Å²) in [5.41, 5.74) is 1.07. The average molecular weight is 362 g/mol. The number of piperidine rings is 1. The summed E-state index contributed by atoms with van der Waals surface area (Å²) >= 11 is 1.74. The van der Waals surface area contributed by atoms with Gasteiger partial charge in [-0.05, 0) is 44.0 Å². The van der Waals surface area contributed by atoms with Crippen LogP contribution in [0.15, 0.2) is 64.4 Å². The van der Waals surface area contributed by atoms with Crippen LogP contribution in [0.4, 0.5) is 0 Å². The molecule has 128 valence electrons. The van der Waals surface area contributed by atoms with Gasteiger partial charge in [0, 0.05) is 23.2 Å². The Morgan fingerprint density at radius 3 is 2.46 bits per heavy atom. The van der Waals surface area contributed by atoms with E-state index in [-0.39, 0.29) is 6.04 Å². The molecule has 1 fully saturated rings. The van der Waals surface area contributed by atoms with Crippen molar-refractivity contribution < 1.29 is 8.42 Å². The Bertz CT molecular complexity index is 758. The predicted octanol–water partition coefficient (Wildman–Crippen LogP) is 4.33. The van der Waals surface area contributed by atoms with Crippen molar-refractivity contribution in [3.05, 3.63) is 60.2 Å².